The van der Waals surface area contributed by atoms with Crippen LogP contribution in [0.4, 0.5) is 0 Å². The van der Waals surface area contributed by atoms with Gasteiger partial charge in [-0.1, -0.05) is 0 Å². The number of hydrogen-bond acceptors (Lipinski definition) is 0. The van der Waals surface area contributed by atoms with E-state index in [2.05, 4.69) is 60.7 Å². The predicted molar refractivity (Wildman–Crippen MR) is 67.3 cm³/mol. The molecule has 0 N–H and O–H groups in total. The van der Waals surface area contributed by atoms with Crippen molar-refractivity contribution in [2.24, 2.45) is 0 Å². The fraction of sp³-hybridized carbons (Fsp3) is 0.125. The topological polar surface area (TPSA) is 0 Å². The van der Waals surface area contributed by atoms with Crippen LogP contribution in [0, 0.1) is 0 Å². The van der Waals surface area contributed by atoms with E-state index in [1.165, 1.54) is 16.7 Å². The standard InChI is InChI=1S/C16H13.2BrH.Zr/c1-2-6-13(7-3-1)12-15-11-10-14-8-4-5-9-16(14)15;;;/h1-10,15H,12H2;2*1H;/q;;;+2/p-2. The Balaban J connectivity index is 0.000000902. The van der Waals surface area contributed by atoms with Crippen LogP contribution in [0.15, 0.2) is 57.9 Å². The number of fused-ring (bicyclic) bond motifs is 1. The normalized spacial score (nSPS) is 15.9. The van der Waals surface area contributed by atoms with Gasteiger partial charge in [0.2, 0.25) is 0 Å². The predicted octanol–water partition coefficient (Wildman–Crippen LogP) is -2.08. The van der Waals surface area contributed by atoms with Crippen molar-refractivity contribution in [3.63, 3.8) is 0 Å². The Morgan fingerprint density at radius 3 is 2.21 bits per heavy atom. The van der Waals surface area contributed by atoms with Gasteiger partial charge >= 0.3 is 118 Å². The van der Waals surface area contributed by atoms with Crippen LogP contribution in [-0.4, -0.2) is 0 Å². The molecule has 0 saturated carbocycles. The van der Waals surface area contributed by atoms with Crippen molar-refractivity contribution < 1.29 is 58.7 Å². The van der Waals surface area contributed by atoms with Gasteiger partial charge in [0.1, 0.15) is 0 Å². The summed E-state index contributed by atoms with van der Waals surface area (Å²) in [5, 5.41) is 0. The first kappa shape index (κ1) is 17.1. The summed E-state index contributed by atoms with van der Waals surface area (Å²) in [6, 6.07) is 19.6. The third-order valence-electron chi connectivity index (χ3n) is 3.34. The average Bonchev–Trinajstić information content (AvgIpc) is 2.68. The third-order valence-corrected chi connectivity index (χ3v) is 4.55. The number of allylic oxidation sites excluding steroid dienone is 1. The zero-order chi connectivity index (χ0) is 11.7. The molecule has 0 spiro atoms. The molecule has 0 heterocycles. The van der Waals surface area contributed by atoms with E-state index in [0.717, 1.165) is 6.42 Å². The van der Waals surface area contributed by atoms with Gasteiger partial charge in [-0.05, 0) is 0 Å². The van der Waals surface area contributed by atoms with E-state index in [-0.39, 0.29) is 34.0 Å². The van der Waals surface area contributed by atoms with Crippen molar-refractivity contribution in [3.8, 4) is 0 Å². The molecular formula is C16H13Br2Zr. The van der Waals surface area contributed by atoms with E-state index in [9.17, 15) is 0 Å². The van der Waals surface area contributed by atoms with Gasteiger partial charge in [0.05, 0.1) is 0 Å². The molecule has 0 fully saturated rings. The molecule has 0 amide bonds. The molecule has 19 heavy (non-hydrogen) atoms. The first-order valence-electron chi connectivity index (χ1n) is 5.90. The molecule has 3 heteroatoms. The summed E-state index contributed by atoms with van der Waals surface area (Å²) >= 11 is 1.54. The molecule has 1 atom stereocenters. The molecule has 2 aromatic rings. The Morgan fingerprint density at radius 2 is 1.47 bits per heavy atom. The maximum atomic E-state index is 2.36. The van der Waals surface area contributed by atoms with Crippen LogP contribution in [-0.2, 0) is 31.1 Å². The Hall–Kier alpha value is 0.0231. The molecule has 0 radical (unpaired) electrons. The second-order valence-corrected chi connectivity index (χ2v) is 5.89. The SMILES string of the molecule is [Br-].[Br-].[Zr+2][C]1=Cc2ccccc2C1Cc1ccccc1. The van der Waals surface area contributed by atoms with Crippen LogP contribution in [0.1, 0.15) is 22.6 Å². The molecule has 2 aromatic carbocycles. The summed E-state index contributed by atoms with van der Waals surface area (Å²) in [5.41, 5.74) is 4.35. The van der Waals surface area contributed by atoms with Gasteiger partial charge in [0.25, 0.3) is 0 Å². The monoisotopic (exact) mass is 453 g/mol. The number of rotatable bonds is 2. The van der Waals surface area contributed by atoms with Crippen molar-refractivity contribution >= 4 is 6.08 Å². The molecule has 0 saturated heterocycles. The quantitative estimate of drug-likeness (QED) is 0.487. The molecule has 0 bridgehead atoms. The summed E-state index contributed by atoms with van der Waals surface area (Å²) in [4.78, 5) is 0. The first-order chi connectivity index (χ1) is 8.34. The average molecular weight is 456 g/mol. The summed E-state index contributed by atoms with van der Waals surface area (Å²) in [7, 11) is 0. The van der Waals surface area contributed by atoms with Crippen LogP contribution in [0.25, 0.3) is 6.08 Å². The Morgan fingerprint density at radius 1 is 0.842 bits per heavy atom. The van der Waals surface area contributed by atoms with Gasteiger partial charge in [-0.25, -0.2) is 0 Å². The van der Waals surface area contributed by atoms with Gasteiger partial charge in [-0.15, -0.1) is 0 Å². The van der Waals surface area contributed by atoms with Crippen molar-refractivity contribution in [2.45, 2.75) is 12.3 Å². The third kappa shape index (κ3) is 3.77. The summed E-state index contributed by atoms with van der Waals surface area (Å²) in [6.07, 6.45) is 3.50. The Labute approximate surface area is 150 Å². The molecule has 1 unspecified atom stereocenters. The zero-order valence-electron chi connectivity index (χ0n) is 10.3. The van der Waals surface area contributed by atoms with E-state index in [1.54, 1.807) is 28.0 Å². The van der Waals surface area contributed by atoms with E-state index in [4.69, 9.17) is 0 Å². The van der Waals surface area contributed by atoms with Gasteiger partial charge in [0.15, 0.2) is 0 Å². The second-order valence-electron chi connectivity index (χ2n) is 4.47. The van der Waals surface area contributed by atoms with E-state index in [1.807, 2.05) is 0 Å². The van der Waals surface area contributed by atoms with Crippen molar-refractivity contribution in [3.05, 3.63) is 74.6 Å². The van der Waals surface area contributed by atoms with Gasteiger partial charge in [-0.2, -0.15) is 0 Å². The second kappa shape index (κ2) is 7.71. The minimum absolute atomic E-state index is 0. The summed E-state index contributed by atoms with van der Waals surface area (Å²) in [5.74, 6) is 0.604. The van der Waals surface area contributed by atoms with Crippen LogP contribution in [0.3, 0.4) is 0 Å². The zero-order valence-corrected chi connectivity index (χ0v) is 15.9. The van der Waals surface area contributed by atoms with Gasteiger partial charge in [0, 0.05) is 0 Å². The number of benzene rings is 2. The van der Waals surface area contributed by atoms with Gasteiger partial charge in [-0.3, -0.25) is 0 Å². The van der Waals surface area contributed by atoms with E-state index < -0.39 is 0 Å². The fourth-order valence-corrected chi connectivity index (χ4v) is 3.48. The molecular weight excluding hydrogens is 443 g/mol. The molecule has 0 aliphatic heterocycles. The number of hydrogen-bond donors (Lipinski definition) is 0. The van der Waals surface area contributed by atoms with E-state index in [0.29, 0.717) is 5.92 Å². The molecule has 3 rings (SSSR count). The van der Waals surface area contributed by atoms with Crippen molar-refractivity contribution in [1.82, 2.24) is 0 Å². The van der Waals surface area contributed by atoms with Crippen LogP contribution in [0.2, 0.25) is 0 Å². The summed E-state index contributed by atoms with van der Waals surface area (Å²) < 4.78 is 1.57. The molecule has 0 nitrogen and oxygen atoms in total. The Bertz CT molecular complexity index is 564. The van der Waals surface area contributed by atoms with Crippen LogP contribution in [0.5, 0.6) is 0 Å². The van der Waals surface area contributed by atoms with E-state index >= 15 is 0 Å². The fourth-order valence-electron chi connectivity index (χ4n) is 2.47. The molecule has 0 aromatic heterocycles. The van der Waals surface area contributed by atoms with Crippen molar-refractivity contribution in [1.29, 1.82) is 0 Å². The van der Waals surface area contributed by atoms with Crippen LogP contribution < -0.4 is 34.0 Å². The number of halogens is 2. The Kier molecular flexibility index (Phi) is 6.93. The molecule has 1 aliphatic carbocycles. The summed E-state index contributed by atoms with van der Waals surface area (Å²) in [6.45, 7) is 0. The van der Waals surface area contributed by atoms with Crippen molar-refractivity contribution in [2.75, 3.05) is 0 Å². The minimum atomic E-state index is 0. The molecule has 95 valence electrons. The maximum absolute atomic E-state index is 2.36. The van der Waals surface area contributed by atoms with Crippen LogP contribution >= 0.6 is 0 Å². The molecule has 1 aliphatic rings. The first-order valence-corrected chi connectivity index (χ1v) is 7.13. The van der Waals surface area contributed by atoms with Gasteiger partial charge < -0.3 is 34.0 Å².